The third-order valence-corrected chi connectivity index (χ3v) is 7.51. The Morgan fingerprint density at radius 3 is 2.58 bits per heavy atom. The van der Waals surface area contributed by atoms with Gasteiger partial charge < -0.3 is 39.3 Å². The van der Waals surface area contributed by atoms with Crippen LogP contribution in [0.5, 0.6) is 6.01 Å². The van der Waals surface area contributed by atoms with Gasteiger partial charge in [-0.25, -0.2) is 14.1 Å². The number of phosphoric ester groups is 1. The molecule has 1 aromatic rings. The summed E-state index contributed by atoms with van der Waals surface area (Å²) >= 11 is 0. The number of aliphatic hydroxyl groups is 2. The molecule has 1 aromatic heterocycles. The maximum Gasteiger partial charge on any atom is 0.475 e. The van der Waals surface area contributed by atoms with Gasteiger partial charge in [-0.15, -0.1) is 0 Å². The largest absolute Gasteiger partial charge is 0.846 e. The lowest BCUT2D eigenvalue weighted by Gasteiger charge is -2.38. The van der Waals surface area contributed by atoms with Gasteiger partial charge in [-0.1, -0.05) is 12.8 Å². The summed E-state index contributed by atoms with van der Waals surface area (Å²) in [6, 6.07) is 0.234. The molecule has 0 bridgehead atoms. The van der Waals surface area contributed by atoms with Gasteiger partial charge in [-0.2, -0.15) is 0 Å². The molecule has 2 aliphatic rings. The second kappa shape index (κ2) is 9.46. The fourth-order valence-corrected chi connectivity index (χ4v) is 6.20. The Balaban J connectivity index is 1.65. The first-order valence-electron chi connectivity index (χ1n) is 9.40. The van der Waals surface area contributed by atoms with Crippen molar-refractivity contribution in [2.75, 3.05) is 6.61 Å². The van der Waals surface area contributed by atoms with Crippen LogP contribution in [0.15, 0.2) is 12.3 Å². The predicted octanol–water partition coefficient (Wildman–Crippen LogP) is -2.82. The molecule has 2 unspecified atom stereocenters. The van der Waals surface area contributed by atoms with Crippen molar-refractivity contribution in [3.05, 3.63) is 17.8 Å². The predicted molar refractivity (Wildman–Crippen MR) is 95.2 cm³/mol. The molecule has 0 radical (unpaired) electrons. The number of nitrogens with zero attached hydrogens (tertiary/aromatic N) is 2. The Bertz CT molecular complexity index is 872. The van der Waals surface area contributed by atoms with E-state index in [2.05, 4.69) is 4.98 Å². The summed E-state index contributed by atoms with van der Waals surface area (Å²) < 4.78 is 27.9. The lowest BCUT2D eigenvalue weighted by atomic mass is 10.1. The van der Waals surface area contributed by atoms with E-state index in [1.807, 2.05) is 0 Å². The minimum absolute atomic E-state index is 0.316. The van der Waals surface area contributed by atoms with Gasteiger partial charge in [-0.05, 0) is 18.9 Å². The Kier molecular flexibility index (Phi) is 7.51. The first-order valence-corrected chi connectivity index (χ1v) is 12.5. The fraction of sp³-hybridized carbons (Fsp3) is 0.733. The molecule has 1 saturated carbocycles. The van der Waals surface area contributed by atoms with E-state index < -0.39 is 64.7 Å². The molecule has 2 heterocycles. The maximum absolute atomic E-state index is 12.3. The van der Waals surface area contributed by atoms with Crippen LogP contribution < -0.4 is 20.4 Å². The standard InChI is InChI=1S/C15H25N3O11P2/c16-10-5-6-18(15(21)17-10)13-12(20)11(19)9(28-13)7-27-31(25,26)29-14(30(22,23)24)8-3-1-2-4-8/h5-6,8-9,11-14,19-20H,1-4,7H2,(H,25,26)(H2,16,17,21)(H2,22,23,24)/p-2/t9-,11-,12-,13-,14?/m1/s1. The molecular formula is C15H23N3O11P2-2. The van der Waals surface area contributed by atoms with Crippen molar-refractivity contribution in [3.63, 3.8) is 0 Å². The van der Waals surface area contributed by atoms with E-state index in [1.165, 1.54) is 0 Å². The highest BCUT2D eigenvalue weighted by molar-refractivity contribution is 7.57. The Morgan fingerprint density at radius 1 is 1.35 bits per heavy atom. The average Bonchev–Trinajstić information content (AvgIpc) is 3.28. The average molecular weight is 483 g/mol. The fourth-order valence-electron chi connectivity index (χ4n) is 3.69. The third-order valence-electron chi connectivity index (χ3n) is 5.21. The number of rotatable bonds is 8. The molecular weight excluding hydrogens is 460 g/mol. The van der Waals surface area contributed by atoms with Gasteiger partial charge in [0.2, 0.25) is 0 Å². The molecule has 176 valence electrons. The minimum atomic E-state index is -5.12. The molecule has 0 amide bonds. The molecule has 0 spiro atoms. The lowest BCUT2D eigenvalue weighted by molar-refractivity contribution is -0.341. The zero-order valence-electron chi connectivity index (χ0n) is 16.1. The molecule has 1 aliphatic heterocycles. The molecule has 1 aliphatic carbocycles. The topological polar surface area (TPSA) is 237 Å². The number of hydrogen-bond donors (Lipinski definition) is 5. The van der Waals surface area contributed by atoms with Crippen LogP contribution >= 0.6 is 15.8 Å². The van der Waals surface area contributed by atoms with E-state index in [9.17, 15) is 39.5 Å². The molecule has 31 heavy (non-hydrogen) atoms. The van der Waals surface area contributed by atoms with Crippen molar-refractivity contribution >= 4 is 15.8 Å². The van der Waals surface area contributed by atoms with Crippen molar-refractivity contribution in [1.82, 2.24) is 9.55 Å². The van der Waals surface area contributed by atoms with Gasteiger partial charge >= 0.3 is 7.82 Å². The summed E-state index contributed by atoms with van der Waals surface area (Å²) in [5.74, 6) is -2.59. The number of aromatic nitrogens is 2. The minimum Gasteiger partial charge on any atom is -0.846 e. The van der Waals surface area contributed by atoms with Crippen molar-refractivity contribution in [2.45, 2.75) is 56.1 Å². The van der Waals surface area contributed by atoms with E-state index in [0.29, 0.717) is 25.7 Å². The van der Waals surface area contributed by atoms with Crippen LogP contribution in [0.2, 0.25) is 0 Å². The van der Waals surface area contributed by atoms with Crippen molar-refractivity contribution in [3.8, 4) is 6.01 Å². The normalized spacial score (nSPS) is 30.4. The molecule has 3 rings (SSSR count). The van der Waals surface area contributed by atoms with Gasteiger partial charge in [0, 0.05) is 12.1 Å². The first-order chi connectivity index (χ1) is 14.4. The Morgan fingerprint density at radius 2 is 2.00 bits per heavy atom. The summed E-state index contributed by atoms with van der Waals surface area (Å²) in [6.45, 7) is -0.798. The summed E-state index contributed by atoms with van der Waals surface area (Å²) in [6.07, 6.45) is -2.81. The molecule has 6 atom stereocenters. The number of aliphatic hydroxyl groups excluding tert-OH is 2. The van der Waals surface area contributed by atoms with Crippen LogP contribution in [0.3, 0.4) is 0 Å². The number of ether oxygens (including phenoxy) is 1. The summed E-state index contributed by atoms with van der Waals surface area (Å²) in [5.41, 5.74) is -0.316. The summed E-state index contributed by atoms with van der Waals surface area (Å²) in [5, 5.41) is 39.5. The second-order valence-corrected chi connectivity index (χ2v) is 10.5. The van der Waals surface area contributed by atoms with E-state index in [0.717, 1.165) is 16.8 Å². The first kappa shape index (κ1) is 24.6. The van der Waals surface area contributed by atoms with Gasteiger partial charge in [0.25, 0.3) is 0 Å². The van der Waals surface area contributed by atoms with Crippen LogP contribution in [-0.4, -0.2) is 60.3 Å². The van der Waals surface area contributed by atoms with Crippen LogP contribution in [0.25, 0.3) is 0 Å². The number of hydrogen-bond acceptors (Lipinski definition) is 12. The molecule has 14 nitrogen and oxygen atoms in total. The van der Waals surface area contributed by atoms with E-state index in [-0.39, 0.29) is 5.49 Å². The Hall–Kier alpha value is -1.02. The van der Waals surface area contributed by atoms with Crippen molar-refractivity contribution < 1.29 is 53.2 Å². The highest BCUT2D eigenvalue weighted by Gasteiger charge is 2.46. The van der Waals surface area contributed by atoms with Crippen LogP contribution in [-0.2, 0) is 18.3 Å². The summed E-state index contributed by atoms with van der Waals surface area (Å²) in [7, 11) is -10.1. The van der Waals surface area contributed by atoms with Crippen molar-refractivity contribution in [2.24, 2.45) is 5.92 Å². The molecule has 0 aromatic carbocycles. The SMILES string of the molecule is N=c1ccn([C@@H]2O[C@H](COP(=O)(O)OC(C3CCCC3)[P+]([O-])([O-])O)[C@@H](O)[C@H]2O)c([O-])n1. The van der Waals surface area contributed by atoms with Gasteiger partial charge in [-0.3, -0.25) is 14.8 Å². The van der Waals surface area contributed by atoms with E-state index in [1.54, 1.807) is 0 Å². The smallest absolute Gasteiger partial charge is 0.475 e. The van der Waals surface area contributed by atoms with Crippen LogP contribution in [0.1, 0.15) is 31.9 Å². The van der Waals surface area contributed by atoms with Crippen LogP contribution in [0.4, 0.5) is 0 Å². The molecule has 2 fully saturated rings. The van der Waals surface area contributed by atoms with Gasteiger partial charge in [0.1, 0.15) is 23.8 Å². The molecule has 1 saturated heterocycles. The van der Waals surface area contributed by atoms with Gasteiger partial charge in [0.15, 0.2) is 12.1 Å². The highest BCUT2D eigenvalue weighted by atomic mass is 31.2. The van der Waals surface area contributed by atoms with Crippen molar-refractivity contribution in [1.29, 1.82) is 5.41 Å². The monoisotopic (exact) mass is 483 g/mol. The number of nitrogens with one attached hydrogen (secondary N) is 1. The van der Waals surface area contributed by atoms with Gasteiger partial charge in [0.05, 0.1) is 20.6 Å². The second-order valence-electron chi connectivity index (χ2n) is 7.42. The van der Waals surface area contributed by atoms with E-state index >= 15 is 0 Å². The Labute approximate surface area is 177 Å². The summed E-state index contributed by atoms with van der Waals surface area (Å²) in [4.78, 5) is 46.0. The zero-order valence-corrected chi connectivity index (χ0v) is 17.9. The zero-order chi connectivity index (χ0) is 23.0. The molecule has 16 heteroatoms. The van der Waals surface area contributed by atoms with Crippen LogP contribution in [0, 0.1) is 11.3 Å². The maximum atomic E-state index is 12.3. The highest BCUT2D eigenvalue weighted by Crippen LogP contribution is 2.57. The quantitative estimate of drug-likeness (QED) is 0.235. The number of phosphoric acid groups is 1. The van der Waals surface area contributed by atoms with E-state index in [4.69, 9.17) is 19.2 Å². The molecule has 5 N–H and O–H groups in total. The third kappa shape index (κ3) is 5.86. The lowest BCUT2D eigenvalue weighted by Crippen LogP contribution is -2.38.